The topological polar surface area (TPSA) is 130 Å². The Labute approximate surface area is 261 Å². The molecule has 1 aliphatic heterocycles. The zero-order chi connectivity index (χ0) is 31.7. The molecule has 0 radical (unpaired) electrons. The van der Waals surface area contributed by atoms with Gasteiger partial charge in [0.05, 0.1) is 25.3 Å². The average molecular weight is 615 g/mol. The number of amides is 1. The van der Waals surface area contributed by atoms with Gasteiger partial charge in [0.15, 0.2) is 0 Å². The van der Waals surface area contributed by atoms with Crippen LogP contribution in [-0.2, 0) is 14.3 Å². The summed E-state index contributed by atoms with van der Waals surface area (Å²) in [6, 6.07) is 4.58. The summed E-state index contributed by atoms with van der Waals surface area (Å²) >= 11 is 0. The Hall–Kier alpha value is -3.08. The van der Waals surface area contributed by atoms with Gasteiger partial charge in [-0.2, -0.15) is 0 Å². The maximum Gasteiger partial charge on any atom is 0.409 e. The van der Waals surface area contributed by atoms with Crippen molar-refractivity contribution in [3.05, 3.63) is 48.1 Å². The number of fused-ring (bicyclic) bond motifs is 2. The molecule has 1 saturated carbocycles. The summed E-state index contributed by atoms with van der Waals surface area (Å²) in [4.78, 5) is 20.8. The molecule has 10 heteroatoms. The highest BCUT2D eigenvalue weighted by Gasteiger charge is 2.65. The van der Waals surface area contributed by atoms with E-state index in [2.05, 4.69) is 17.8 Å². The first-order valence-electron chi connectivity index (χ1n) is 16.1. The molecule has 10 nitrogen and oxygen atoms in total. The normalized spacial score (nSPS) is 27.9. The second-order valence-electron chi connectivity index (χ2n) is 11.9. The molecule has 0 bridgehead atoms. The van der Waals surface area contributed by atoms with Crippen LogP contribution >= 0.6 is 0 Å². The van der Waals surface area contributed by atoms with E-state index in [1.807, 2.05) is 13.8 Å². The van der Waals surface area contributed by atoms with Crippen LogP contribution in [-0.4, -0.2) is 83.9 Å². The van der Waals surface area contributed by atoms with Gasteiger partial charge in [0.2, 0.25) is 5.79 Å². The fraction of sp³-hybridized carbons (Fsp3) is 0.647. The molecule has 3 aliphatic rings. The monoisotopic (exact) mass is 614 g/mol. The minimum atomic E-state index is -1.31. The van der Waals surface area contributed by atoms with Gasteiger partial charge in [-0.1, -0.05) is 37.1 Å². The molecule has 2 aliphatic carbocycles. The summed E-state index contributed by atoms with van der Waals surface area (Å²) in [7, 11) is 1.38. The molecule has 6 atom stereocenters. The Balaban J connectivity index is 2.02. The Morgan fingerprint density at radius 1 is 1.18 bits per heavy atom. The van der Waals surface area contributed by atoms with Gasteiger partial charge in [0, 0.05) is 37.7 Å². The maximum absolute atomic E-state index is 13.4. The molecule has 44 heavy (non-hydrogen) atoms. The van der Waals surface area contributed by atoms with E-state index in [0.717, 1.165) is 42.5 Å². The number of aromatic hydroxyl groups is 1. The second kappa shape index (κ2) is 15.8. The Morgan fingerprint density at radius 2 is 1.93 bits per heavy atom. The number of phenols is 1. The summed E-state index contributed by atoms with van der Waals surface area (Å²) in [5, 5.41) is 34.6. The number of ether oxygens (including phenoxy) is 3. The molecule has 1 fully saturated rings. The number of hydrogen-bond acceptors (Lipinski definition) is 9. The zero-order valence-corrected chi connectivity index (χ0v) is 26.5. The van der Waals surface area contributed by atoms with Gasteiger partial charge in [0.25, 0.3) is 0 Å². The molecular formula is C34H50N2O8. The van der Waals surface area contributed by atoms with Gasteiger partial charge >= 0.3 is 6.09 Å². The van der Waals surface area contributed by atoms with Gasteiger partial charge in [-0.15, -0.1) is 6.58 Å². The molecule has 1 aromatic rings. The van der Waals surface area contributed by atoms with Crippen LogP contribution in [0.2, 0.25) is 0 Å². The molecule has 1 aromatic carbocycles. The minimum Gasteiger partial charge on any atom is -0.508 e. The number of aliphatic hydroxyl groups is 2. The molecule has 0 unspecified atom stereocenters. The number of hydrogen-bond donors (Lipinski definition) is 3. The number of carbonyl (C=O) groups excluding carboxylic acids is 1. The molecule has 244 valence electrons. The summed E-state index contributed by atoms with van der Waals surface area (Å²) < 4.78 is 19.0. The number of methoxy groups -OCH3 is 1. The van der Waals surface area contributed by atoms with E-state index in [-0.39, 0.29) is 43.3 Å². The van der Waals surface area contributed by atoms with Crippen molar-refractivity contribution in [2.24, 2.45) is 22.9 Å². The van der Waals surface area contributed by atoms with Crippen LogP contribution in [0.15, 0.2) is 47.7 Å². The number of oxime groups is 1. The van der Waals surface area contributed by atoms with Crippen molar-refractivity contribution < 1.29 is 39.2 Å². The number of allylic oxidation sites excluding steroid dienone is 1. The standard InChI is InChI=1S/C34H50N2O8/c1-5-16-36(33(40)41-4)30-22-28(35-43-7-3)26-20-23(12-8-10-17-37)25(13-9-11-18-38)31-27-21-24(39)14-15-29(27)44-34(30,32(26)31)42-19-6-2/h6,14-15,20-21,23,25,30-32,37-39H,2,5,7-13,16-19,22H2,1,3-4H3/t23-,25+,30-,31+,32+,34+/m0/s1. The third-order valence-electron chi connectivity index (χ3n) is 9.21. The van der Waals surface area contributed by atoms with E-state index in [9.17, 15) is 20.1 Å². The quantitative estimate of drug-likeness (QED) is 0.126. The third kappa shape index (κ3) is 6.77. The lowest BCUT2D eigenvalue weighted by atomic mass is 9.55. The molecule has 3 N–H and O–H groups in total. The molecule has 1 heterocycles. The lowest BCUT2D eigenvalue weighted by Crippen LogP contribution is -2.70. The van der Waals surface area contributed by atoms with Gasteiger partial charge < -0.3 is 34.4 Å². The van der Waals surface area contributed by atoms with Crippen LogP contribution < -0.4 is 4.74 Å². The number of phenolic OH excluding ortho intramolecular Hbond substituents is 1. The summed E-state index contributed by atoms with van der Waals surface area (Å²) in [6.45, 7) is 9.05. The zero-order valence-electron chi connectivity index (χ0n) is 26.5. The smallest absolute Gasteiger partial charge is 0.409 e. The molecule has 4 rings (SSSR count). The van der Waals surface area contributed by atoms with Gasteiger partial charge in [-0.05, 0) is 74.6 Å². The Kier molecular flexibility index (Phi) is 12.1. The first kappa shape index (κ1) is 33.8. The summed E-state index contributed by atoms with van der Waals surface area (Å²) in [5.41, 5.74) is 2.59. The summed E-state index contributed by atoms with van der Waals surface area (Å²) in [5.74, 6) is -0.878. The fourth-order valence-corrected chi connectivity index (χ4v) is 7.53. The van der Waals surface area contributed by atoms with Crippen molar-refractivity contribution in [3.8, 4) is 11.5 Å². The van der Waals surface area contributed by atoms with Gasteiger partial charge in [-0.25, -0.2) is 4.79 Å². The number of benzene rings is 1. The van der Waals surface area contributed by atoms with E-state index in [1.54, 1.807) is 29.2 Å². The lowest BCUT2D eigenvalue weighted by Gasteiger charge is -2.59. The highest BCUT2D eigenvalue weighted by atomic mass is 16.7. The lowest BCUT2D eigenvalue weighted by molar-refractivity contribution is -0.255. The predicted molar refractivity (Wildman–Crippen MR) is 168 cm³/mol. The number of carbonyl (C=O) groups is 1. The number of nitrogens with zero attached hydrogens (tertiary/aromatic N) is 2. The van der Waals surface area contributed by atoms with E-state index >= 15 is 0 Å². The van der Waals surface area contributed by atoms with Gasteiger partial charge in [0.1, 0.15) is 24.1 Å². The van der Waals surface area contributed by atoms with Crippen LogP contribution in [0.5, 0.6) is 11.5 Å². The third-order valence-corrected chi connectivity index (χ3v) is 9.21. The first-order valence-corrected chi connectivity index (χ1v) is 16.1. The van der Waals surface area contributed by atoms with E-state index in [0.29, 0.717) is 44.6 Å². The highest BCUT2D eigenvalue weighted by molar-refractivity contribution is 6.02. The van der Waals surface area contributed by atoms with Gasteiger partial charge in [-0.3, -0.25) is 4.90 Å². The average Bonchev–Trinajstić information content (AvgIpc) is 3.03. The van der Waals surface area contributed by atoms with Crippen LogP contribution in [0, 0.1) is 17.8 Å². The Morgan fingerprint density at radius 3 is 2.59 bits per heavy atom. The van der Waals surface area contributed by atoms with Crippen molar-refractivity contribution in [1.29, 1.82) is 0 Å². The van der Waals surface area contributed by atoms with Crippen LogP contribution in [0.1, 0.15) is 76.7 Å². The second-order valence-corrected chi connectivity index (χ2v) is 11.9. The fourth-order valence-electron chi connectivity index (χ4n) is 7.53. The first-order chi connectivity index (χ1) is 21.4. The summed E-state index contributed by atoms with van der Waals surface area (Å²) in [6.07, 6.45) is 9.29. The molecule has 1 amide bonds. The van der Waals surface area contributed by atoms with Crippen molar-refractivity contribution >= 4 is 11.8 Å². The van der Waals surface area contributed by atoms with Crippen molar-refractivity contribution in [1.82, 2.24) is 4.90 Å². The largest absolute Gasteiger partial charge is 0.508 e. The van der Waals surface area contributed by atoms with Crippen LogP contribution in [0.4, 0.5) is 4.79 Å². The van der Waals surface area contributed by atoms with Crippen molar-refractivity contribution in [2.75, 3.05) is 40.1 Å². The maximum atomic E-state index is 13.4. The molecule has 0 spiro atoms. The Bertz CT molecular complexity index is 1190. The van der Waals surface area contributed by atoms with Crippen LogP contribution in [0.3, 0.4) is 0 Å². The van der Waals surface area contributed by atoms with Crippen molar-refractivity contribution in [2.45, 2.75) is 83.0 Å². The molecule has 0 aromatic heterocycles. The van der Waals surface area contributed by atoms with Crippen molar-refractivity contribution in [3.63, 3.8) is 0 Å². The number of unbranched alkanes of at least 4 members (excludes halogenated alkanes) is 2. The number of rotatable bonds is 16. The SMILES string of the molecule is C=CCO[C@@]12Oc3ccc(O)cc3[C@H]3[C@H](CCCCO)[C@@H](CCCCO)C=C(C(=NOCC)C[C@@H]1N(CCC)C(=O)OC)[C@H]32. The minimum absolute atomic E-state index is 0.106. The number of aliphatic hydroxyl groups excluding tert-OH is 2. The molecular weight excluding hydrogens is 564 g/mol. The van der Waals surface area contributed by atoms with E-state index < -0.39 is 23.8 Å². The van der Waals surface area contributed by atoms with Crippen LogP contribution in [0.25, 0.3) is 0 Å². The van der Waals surface area contributed by atoms with E-state index in [4.69, 9.17) is 19.0 Å². The highest BCUT2D eigenvalue weighted by Crippen LogP contribution is 2.61. The van der Waals surface area contributed by atoms with E-state index in [1.165, 1.54) is 7.11 Å². The molecule has 0 saturated heterocycles. The predicted octanol–water partition coefficient (Wildman–Crippen LogP) is 5.52.